The van der Waals surface area contributed by atoms with E-state index in [2.05, 4.69) is 35.5 Å². The van der Waals surface area contributed by atoms with Crippen molar-refractivity contribution in [3.05, 3.63) is 0 Å². The molecule has 0 aliphatic heterocycles. The number of hydrogen-bond acceptors (Lipinski definition) is 1. The Kier molecular flexibility index (Phi) is 5.22. The van der Waals surface area contributed by atoms with Crippen LogP contribution in [0.3, 0.4) is 0 Å². The monoisotopic (exact) mass is 145 g/mol. The van der Waals surface area contributed by atoms with Crippen molar-refractivity contribution in [2.24, 2.45) is 5.73 Å². The number of carbonyl (C=O) groups excluding carboxylic acids is 1. The second-order valence-corrected chi connectivity index (χ2v) is 1.52. The van der Waals surface area contributed by atoms with Gasteiger partial charge in [0.1, 0.15) is 0 Å². The Morgan fingerprint density at radius 3 is 2.45 bits per heavy atom. The molecule has 0 fully saturated rings. The zero-order valence-corrected chi connectivity index (χ0v) is 6.19. The van der Waals surface area contributed by atoms with Crippen molar-refractivity contribution in [3.63, 3.8) is 0 Å². The summed E-state index contributed by atoms with van der Waals surface area (Å²) < 4.78 is 0. The Labute approximate surface area is 66.2 Å². The van der Waals surface area contributed by atoms with Gasteiger partial charge in [0.25, 0.3) is 5.91 Å². The number of primary amides is 1. The molecule has 11 heavy (non-hydrogen) atoms. The van der Waals surface area contributed by atoms with Crippen LogP contribution in [0.4, 0.5) is 0 Å². The highest BCUT2D eigenvalue weighted by molar-refractivity contribution is 5.92. The molecule has 1 amide bonds. The normalized spacial score (nSPS) is 5.55. The fourth-order valence-electron chi connectivity index (χ4n) is 0.288. The average molecular weight is 145 g/mol. The average Bonchev–Trinajstić information content (AvgIpc) is 1.96. The summed E-state index contributed by atoms with van der Waals surface area (Å²) in [5.74, 6) is 13.7. The van der Waals surface area contributed by atoms with Crippen molar-refractivity contribution < 1.29 is 4.79 Å². The van der Waals surface area contributed by atoms with Crippen LogP contribution >= 0.6 is 0 Å². The lowest BCUT2D eigenvalue weighted by Gasteiger charge is -1.65. The molecule has 0 heterocycles. The highest BCUT2D eigenvalue weighted by atomic mass is 16.1. The topological polar surface area (TPSA) is 43.1 Å². The van der Waals surface area contributed by atoms with Crippen LogP contribution < -0.4 is 5.73 Å². The van der Waals surface area contributed by atoms with Gasteiger partial charge in [-0.25, -0.2) is 0 Å². The number of amides is 1. The number of rotatable bonds is 0. The molecular weight excluding hydrogens is 138 g/mol. The van der Waals surface area contributed by atoms with Crippen molar-refractivity contribution in [2.45, 2.75) is 13.3 Å². The van der Waals surface area contributed by atoms with Gasteiger partial charge in [-0.15, -0.1) is 0 Å². The van der Waals surface area contributed by atoms with E-state index < -0.39 is 5.91 Å². The highest BCUT2D eigenvalue weighted by Crippen LogP contribution is 1.64. The molecule has 0 unspecified atom stereocenters. The standard InChI is InChI=1S/C9H7NO/c1-2-3-4-5-6-7-8-9(10)11/h2H2,1H3,(H2,10,11). The number of carbonyl (C=O) groups is 1. The molecule has 0 aliphatic rings. The first-order valence-corrected chi connectivity index (χ1v) is 3.05. The van der Waals surface area contributed by atoms with E-state index in [4.69, 9.17) is 5.73 Å². The Morgan fingerprint density at radius 2 is 1.91 bits per heavy atom. The molecule has 0 aliphatic carbocycles. The van der Waals surface area contributed by atoms with Gasteiger partial charge in [0.15, 0.2) is 0 Å². The minimum atomic E-state index is -0.678. The quantitative estimate of drug-likeness (QED) is 0.475. The van der Waals surface area contributed by atoms with E-state index in [1.807, 2.05) is 6.92 Å². The highest BCUT2D eigenvalue weighted by Gasteiger charge is 1.74. The maximum absolute atomic E-state index is 10.0. The third kappa shape index (κ3) is 8.15. The van der Waals surface area contributed by atoms with Crippen LogP contribution in [-0.2, 0) is 4.79 Å². The summed E-state index contributed by atoms with van der Waals surface area (Å²) in [6.07, 6.45) is 0.762. The second kappa shape index (κ2) is 6.27. The smallest absolute Gasteiger partial charge is 0.294 e. The van der Waals surface area contributed by atoms with Crippen LogP contribution in [0.5, 0.6) is 0 Å². The molecule has 0 radical (unpaired) electrons. The molecule has 0 bridgehead atoms. The lowest BCUT2D eigenvalue weighted by atomic mass is 10.4. The molecule has 0 saturated heterocycles. The van der Waals surface area contributed by atoms with E-state index in [9.17, 15) is 4.79 Å². The zero-order chi connectivity index (χ0) is 8.53. The predicted octanol–water partition coefficient (Wildman–Crippen LogP) is -0.108. The van der Waals surface area contributed by atoms with Gasteiger partial charge in [0.05, 0.1) is 0 Å². The van der Waals surface area contributed by atoms with E-state index in [1.54, 1.807) is 0 Å². The molecule has 2 nitrogen and oxygen atoms in total. The SMILES string of the molecule is CCC#CC#CC#CC(N)=O. The molecule has 54 valence electrons. The van der Waals surface area contributed by atoms with Crippen LogP contribution in [0.1, 0.15) is 13.3 Å². The molecule has 0 saturated carbocycles. The summed E-state index contributed by atoms with van der Waals surface area (Å²) in [7, 11) is 0. The molecule has 0 aromatic carbocycles. The molecule has 0 aromatic rings. The van der Waals surface area contributed by atoms with Crippen molar-refractivity contribution in [1.29, 1.82) is 0 Å². The molecule has 0 aromatic heterocycles. The van der Waals surface area contributed by atoms with Crippen LogP contribution in [0, 0.1) is 35.5 Å². The second-order valence-electron chi connectivity index (χ2n) is 1.52. The van der Waals surface area contributed by atoms with E-state index in [1.165, 1.54) is 0 Å². The fraction of sp³-hybridized carbons (Fsp3) is 0.222. The first-order chi connectivity index (χ1) is 5.27. The molecule has 2 heteroatoms. The van der Waals surface area contributed by atoms with Crippen molar-refractivity contribution >= 4 is 5.91 Å². The molecule has 0 spiro atoms. The van der Waals surface area contributed by atoms with Crippen LogP contribution in [0.25, 0.3) is 0 Å². The minimum Gasteiger partial charge on any atom is -0.359 e. The third-order valence-electron chi connectivity index (χ3n) is 0.638. The summed E-state index contributed by atoms with van der Waals surface area (Å²) in [6, 6.07) is 0. The number of nitrogens with two attached hydrogens (primary N) is 1. The Balaban J connectivity index is 3.94. The minimum absolute atomic E-state index is 0.678. The van der Waals surface area contributed by atoms with Gasteiger partial charge in [-0.05, 0) is 23.7 Å². The fourth-order valence-corrected chi connectivity index (χ4v) is 0.288. The van der Waals surface area contributed by atoms with Gasteiger partial charge in [0.2, 0.25) is 0 Å². The lowest BCUT2D eigenvalue weighted by Crippen LogP contribution is -2.05. The third-order valence-corrected chi connectivity index (χ3v) is 0.638. The first-order valence-electron chi connectivity index (χ1n) is 3.05. The van der Waals surface area contributed by atoms with Gasteiger partial charge in [-0.2, -0.15) is 0 Å². The van der Waals surface area contributed by atoms with Crippen molar-refractivity contribution in [2.75, 3.05) is 0 Å². The summed E-state index contributed by atoms with van der Waals surface area (Å²) in [5.41, 5.74) is 4.72. The van der Waals surface area contributed by atoms with Crippen LogP contribution in [0.15, 0.2) is 0 Å². The predicted molar refractivity (Wildman–Crippen MR) is 42.8 cm³/mol. The van der Waals surface area contributed by atoms with E-state index >= 15 is 0 Å². The molecule has 0 rings (SSSR count). The molecule has 0 atom stereocenters. The first kappa shape index (κ1) is 9.15. The van der Waals surface area contributed by atoms with Gasteiger partial charge in [-0.1, -0.05) is 12.8 Å². The van der Waals surface area contributed by atoms with Crippen LogP contribution in [0.2, 0.25) is 0 Å². The maximum Gasteiger partial charge on any atom is 0.294 e. The van der Waals surface area contributed by atoms with E-state index in [0.29, 0.717) is 0 Å². The van der Waals surface area contributed by atoms with Gasteiger partial charge >= 0.3 is 0 Å². The van der Waals surface area contributed by atoms with E-state index in [0.717, 1.165) is 6.42 Å². The molecular formula is C9H7NO. The summed E-state index contributed by atoms with van der Waals surface area (Å²) in [5, 5.41) is 0. The van der Waals surface area contributed by atoms with Gasteiger partial charge in [-0.3, -0.25) is 4.79 Å². The van der Waals surface area contributed by atoms with Crippen LogP contribution in [-0.4, -0.2) is 5.91 Å². The number of hydrogen-bond donors (Lipinski definition) is 1. The van der Waals surface area contributed by atoms with E-state index in [-0.39, 0.29) is 0 Å². The molecule has 2 N–H and O–H groups in total. The zero-order valence-electron chi connectivity index (χ0n) is 6.19. The Bertz CT molecular complexity index is 309. The van der Waals surface area contributed by atoms with Crippen molar-refractivity contribution in [1.82, 2.24) is 0 Å². The van der Waals surface area contributed by atoms with Gasteiger partial charge in [0, 0.05) is 12.3 Å². The summed E-state index contributed by atoms with van der Waals surface area (Å²) in [4.78, 5) is 10.0. The Morgan fingerprint density at radius 1 is 1.27 bits per heavy atom. The summed E-state index contributed by atoms with van der Waals surface area (Å²) >= 11 is 0. The van der Waals surface area contributed by atoms with Crippen molar-refractivity contribution in [3.8, 4) is 35.5 Å². The largest absolute Gasteiger partial charge is 0.359 e. The van der Waals surface area contributed by atoms with Gasteiger partial charge < -0.3 is 5.73 Å². The lowest BCUT2D eigenvalue weighted by molar-refractivity contribution is -0.112. The maximum atomic E-state index is 10.0. The Hall–Kier alpha value is -1.85. The summed E-state index contributed by atoms with van der Waals surface area (Å²) in [6.45, 7) is 1.92.